The van der Waals surface area contributed by atoms with Gasteiger partial charge in [-0.15, -0.1) is 0 Å². The summed E-state index contributed by atoms with van der Waals surface area (Å²) < 4.78 is 10.2. The molecule has 0 saturated heterocycles. The van der Waals surface area contributed by atoms with Crippen LogP contribution in [0.2, 0.25) is 15.1 Å². The number of halogens is 3. The molecule has 2 aromatic carbocycles. The van der Waals surface area contributed by atoms with E-state index < -0.39 is 5.97 Å². The molecule has 3 nitrogen and oxygen atoms in total. The van der Waals surface area contributed by atoms with Gasteiger partial charge in [-0.25, -0.2) is 4.79 Å². The van der Waals surface area contributed by atoms with E-state index >= 15 is 0 Å². The lowest BCUT2D eigenvalue weighted by Crippen LogP contribution is -2.02. The van der Waals surface area contributed by atoms with Crippen LogP contribution in [0.5, 0.6) is 5.75 Å². The molecule has 0 aliphatic carbocycles. The number of hydrogen-bond donors (Lipinski definition) is 0. The van der Waals surface area contributed by atoms with Crippen LogP contribution in [-0.4, -0.2) is 13.1 Å². The van der Waals surface area contributed by atoms with Gasteiger partial charge >= 0.3 is 5.97 Å². The van der Waals surface area contributed by atoms with E-state index in [-0.39, 0.29) is 6.61 Å². The Morgan fingerprint density at radius 1 is 1.05 bits per heavy atom. The third-order valence-corrected chi connectivity index (χ3v) is 3.63. The van der Waals surface area contributed by atoms with Gasteiger partial charge in [-0.05, 0) is 30.3 Å². The third kappa shape index (κ3) is 4.03. The zero-order chi connectivity index (χ0) is 15.4. The van der Waals surface area contributed by atoms with Crippen molar-refractivity contribution in [1.29, 1.82) is 0 Å². The van der Waals surface area contributed by atoms with Gasteiger partial charge in [-0.2, -0.15) is 0 Å². The highest BCUT2D eigenvalue weighted by atomic mass is 35.5. The van der Waals surface area contributed by atoms with Crippen molar-refractivity contribution in [2.24, 2.45) is 0 Å². The van der Waals surface area contributed by atoms with Crippen LogP contribution in [0, 0.1) is 0 Å². The predicted molar refractivity (Wildman–Crippen MR) is 83.6 cm³/mol. The lowest BCUT2D eigenvalue weighted by Gasteiger charge is -2.10. The zero-order valence-corrected chi connectivity index (χ0v) is 13.3. The SMILES string of the molecule is COC(=O)c1ccc(OCc2ccc(Cl)cc2Cl)c(Cl)c1. The number of methoxy groups -OCH3 is 1. The maximum Gasteiger partial charge on any atom is 0.337 e. The van der Waals surface area contributed by atoms with Crippen molar-refractivity contribution in [2.75, 3.05) is 7.11 Å². The van der Waals surface area contributed by atoms with Gasteiger partial charge in [-0.3, -0.25) is 0 Å². The summed E-state index contributed by atoms with van der Waals surface area (Å²) in [4.78, 5) is 11.4. The summed E-state index contributed by atoms with van der Waals surface area (Å²) in [5, 5.41) is 1.40. The molecule has 0 aromatic heterocycles. The Morgan fingerprint density at radius 3 is 2.43 bits per heavy atom. The summed E-state index contributed by atoms with van der Waals surface area (Å²) in [5.74, 6) is -0.000433. The lowest BCUT2D eigenvalue weighted by molar-refractivity contribution is 0.0600. The molecule has 0 bridgehead atoms. The van der Waals surface area contributed by atoms with Crippen molar-refractivity contribution in [3.05, 3.63) is 62.6 Å². The Morgan fingerprint density at radius 2 is 1.81 bits per heavy atom. The summed E-state index contributed by atoms with van der Waals surface area (Å²) in [6, 6.07) is 9.83. The summed E-state index contributed by atoms with van der Waals surface area (Å²) >= 11 is 18.0. The lowest BCUT2D eigenvalue weighted by atomic mass is 10.2. The molecule has 21 heavy (non-hydrogen) atoms. The molecule has 0 aliphatic heterocycles. The van der Waals surface area contributed by atoms with Crippen LogP contribution >= 0.6 is 34.8 Å². The fraction of sp³-hybridized carbons (Fsp3) is 0.133. The van der Waals surface area contributed by atoms with Crippen LogP contribution < -0.4 is 4.74 Å². The molecular formula is C15H11Cl3O3. The predicted octanol–water partition coefficient (Wildman–Crippen LogP) is 5.01. The van der Waals surface area contributed by atoms with Crippen LogP contribution in [0.25, 0.3) is 0 Å². The van der Waals surface area contributed by atoms with Crippen molar-refractivity contribution in [3.8, 4) is 5.75 Å². The highest BCUT2D eigenvalue weighted by Gasteiger charge is 2.10. The van der Waals surface area contributed by atoms with Crippen molar-refractivity contribution in [3.63, 3.8) is 0 Å². The van der Waals surface area contributed by atoms with E-state index in [1.165, 1.54) is 13.2 Å². The molecule has 0 N–H and O–H groups in total. The van der Waals surface area contributed by atoms with Crippen LogP contribution in [0.4, 0.5) is 0 Å². The molecule has 6 heteroatoms. The van der Waals surface area contributed by atoms with E-state index in [2.05, 4.69) is 4.74 Å². The van der Waals surface area contributed by atoms with Gasteiger partial charge in [0.1, 0.15) is 12.4 Å². The van der Waals surface area contributed by atoms with Crippen LogP contribution in [0.3, 0.4) is 0 Å². The molecular weight excluding hydrogens is 335 g/mol. The molecule has 0 heterocycles. The Hall–Kier alpha value is -1.42. The van der Waals surface area contributed by atoms with E-state index in [1.54, 1.807) is 30.3 Å². The Labute approximate surface area is 137 Å². The third-order valence-electron chi connectivity index (χ3n) is 2.75. The van der Waals surface area contributed by atoms with Crippen molar-refractivity contribution < 1.29 is 14.3 Å². The molecule has 0 amide bonds. The maximum absolute atomic E-state index is 11.4. The monoisotopic (exact) mass is 344 g/mol. The smallest absolute Gasteiger partial charge is 0.337 e. The Balaban J connectivity index is 2.11. The largest absolute Gasteiger partial charge is 0.487 e. The van der Waals surface area contributed by atoms with E-state index in [0.717, 1.165) is 5.56 Å². The maximum atomic E-state index is 11.4. The minimum atomic E-state index is -0.454. The second-order valence-electron chi connectivity index (χ2n) is 4.16. The highest BCUT2D eigenvalue weighted by Crippen LogP contribution is 2.28. The van der Waals surface area contributed by atoms with Crippen molar-refractivity contribution in [2.45, 2.75) is 6.61 Å². The standard InChI is InChI=1S/C15H11Cl3O3/c1-20-15(19)9-3-5-14(13(18)6-9)21-8-10-2-4-11(16)7-12(10)17/h2-7H,8H2,1H3. The van der Waals surface area contributed by atoms with E-state index in [4.69, 9.17) is 39.5 Å². The topological polar surface area (TPSA) is 35.5 Å². The average Bonchev–Trinajstić information content (AvgIpc) is 2.46. The summed E-state index contributed by atoms with van der Waals surface area (Å²) in [6.45, 7) is 0.243. The minimum absolute atomic E-state index is 0.243. The number of hydrogen-bond acceptors (Lipinski definition) is 3. The second-order valence-corrected chi connectivity index (χ2v) is 5.41. The normalized spacial score (nSPS) is 10.3. The van der Waals surface area contributed by atoms with Crippen LogP contribution in [-0.2, 0) is 11.3 Å². The van der Waals surface area contributed by atoms with Crippen LogP contribution in [0.1, 0.15) is 15.9 Å². The number of ether oxygens (including phenoxy) is 2. The number of esters is 1. The Kier molecular flexibility index (Phi) is 5.34. The van der Waals surface area contributed by atoms with Gasteiger partial charge < -0.3 is 9.47 Å². The molecule has 0 radical (unpaired) electrons. The van der Waals surface area contributed by atoms with Gasteiger partial charge in [0.05, 0.1) is 17.7 Å². The van der Waals surface area contributed by atoms with E-state index in [0.29, 0.717) is 26.4 Å². The molecule has 2 rings (SSSR count). The fourth-order valence-electron chi connectivity index (χ4n) is 1.66. The van der Waals surface area contributed by atoms with Gasteiger partial charge in [0.15, 0.2) is 0 Å². The van der Waals surface area contributed by atoms with Crippen LogP contribution in [0.15, 0.2) is 36.4 Å². The second kappa shape index (κ2) is 7.03. The van der Waals surface area contributed by atoms with E-state index in [9.17, 15) is 4.79 Å². The zero-order valence-electron chi connectivity index (χ0n) is 11.0. The van der Waals surface area contributed by atoms with Gasteiger partial charge in [0.2, 0.25) is 0 Å². The first-order valence-electron chi connectivity index (χ1n) is 5.96. The molecule has 0 unspecified atom stereocenters. The quantitative estimate of drug-likeness (QED) is 0.730. The molecule has 110 valence electrons. The summed E-state index contributed by atoms with van der Waals surface area (Å²) in [6.07, 6.45) is 0. The summed E-state index contributed by atoms with van der Waals surface area (Å²) in [5.41, 5.74) is 1.15. The van der Waals surface area contributed by atoms with Gasteiger partial charge in [0.25, 0.3) is 0 Å². The molecule has 0 atom stereocenters. The molecule has 0 spiro atoms. The Bertz CT molecular complexity index is 671. The highest BCUT2D eigenvalue weighted by molar-refractivity contribution is 6.35. The van der Waals surface area contributed by atoms with Crippen molar-refractivity contribution >= 4 is 40.8 Å². The van der Waals surface area contributed by atoms with Gasteiger partial charge in [0, 0.05) is 15.6 Å². The first-order chi connectivity index (χ1) is 10.0. The molecule has 0 aliphatic rings. The average molecular weight is 346 g/mol. The number of rotatable bonds is 4. The van der Waals surface area contributed by atoms with Crippen molar-refractivity contribution in [1.82, 2.24) is 0 Å². The molecule has 0 fully saturated rings. The van der Waals surface area contributed by atoms with E-state index in [1.807, 2.05) is 0 Å². The number of benzene rings is 2. The van der Waals surface area contributed by atoms with Gasteiger partial charge in [-0.1, -0.05) is 40.9 Å². The number of carbonyl (C=O) groups excluding carboxylic acids is 1. The fourth-order valence-corrected chi connectivity index (χ4v) is 2.36. The summed E-state index contributed by atoms with van der Waals surface area (Å²) in [7, 11) is 1.31. The molecule has 0 saturated carbocycles. The number of carbonyl (C=O) groups is 1. The first kappa shape index (κ1) is 16.0. The first-order valence-corrected chi connectivity index (χ1v) is 7.09. The molecule has 2 aromatic rings. The minimum Gasteiger partial charge on any atom is -0.487 e.